The van der Waals surface area contributed by atoms with Gasteiger partial charge in [0.1, 0.15) is 0 Å². The number of carbonyl (C=O) groups excluding carboxylic acids is 1. The summed E-state index contributed by atoms with van der Waals surface area (Å²) in [5.74, 6) is 0.595. The van der Waals surface area contributed by atoms with E-state index in [4.69, 9.17) is 11.6 Å². The zero-order valence-corrected chi connectivity index (χ0v) is 13.1. The van der Waals surface area contributed by atoms with Gasteiger partial charge in [-0.15, -0.1) is 11.6 Å². The Morgan fingerprint density at radius 1 is 1.21 bits per heavy atom. The van der Waals surface area contributed by atoms with E-state index in [0.717, 1.165) is 29.5 Å². The lowest BCUT2D eigenvalue weighted by atomic mass is 10.00. The van der Waals surface area contributed by atoms with Gasteiger partial charge < -0.3 is 4.90 Å². The van der Waals surface area contributed by atoms with Crippen LogP contribution in [0.25, 0.3) is 0 Å². The van der Waals surface area contributed by atoms with E-state index < -0.39 is 0 Å². The number of carbonyl (C=O) groups is 1. The molecule has 0 aliphatic heterocycles. The van der Waals surface area contributed by atoms with E-state index >= 15 is 0 Å². The van der Waals surface area contributed by atoms with Crippen LogP contribution < -0.4 is 0 Å². The molecule has 3 heteroatoms. The molecular formula is C16H24ClNO. The summed E-state index contributed by atoms with van der Waals surface area (Å²) in [5.41, 5.74) is 2.91. The number of benzene rings is 1. The predicted molar refractivity (Wildman–Crippen MR) is 82.0 cm³/mol. The third kappa shape index (κ3) is 3.73. The summed E-state index contributed by atoms with van der Waals surface area (Å²) >= 11 is 5.87. The fourth-order valence-electron chi connectivity index (χ4n) is 2.57. The van der Waals surface area contributed by atoms with Gasteiger partial charge >= 0.3 is 0 Å². The molecule has 1 rings (SSSR count). The molecule has 0 aromatic heterocycles. The minimum Gasteiger partial charge on any atom is -0.334 e. The van der Waals surface area contributed by atoms with Crippen molar-refractivity contribution >= 4 is 17.5 Å². The van der Waals surface area contributed by atoms with Crippen LogP contribution in [0.2, 0.25) is 0 Å². The molecule has 0 fully saturated rings. The Balaban J connectivity index is 3.12. The van der Waals surface area contributed by atoms with Crippen molar-refractivity contribution in [1.29, 1.82) is 0 Å². The standard InChI is InChI=1S/C16H24ClNO/c1-5-14(6-2)18(11-10-17)16(19)15-12(3)8-7-9-13(15)4/h7-9,14H,5-6,10-11H2,1-4H3. The van der Waals surface area contributed by atoms with Crippen LogP contribution in [0.15, 0.2) is 18.2 Å². The highest BCUT2D eigenvalue weighted by atomic mass is 35.5. The number of nitrogens with zero attached hydrogens (tertiary/aromatic N) is 1. The SMILES string of the molecule is CCC(CC)N(CCCl)C(=O)c1c(C)cccc1C. The smallest absolute Gasteiger partial charge is 0.254 e. The van der Waals surface area contributed by atoms with Crippen molar-refractivity contribution in [2.24, 2.45) is 0 Å². The molecule has 0 unspecified atom stereocenters. The fourth-order valence-corrected chi connectivity index (χ4v) is 2.75. The fraction of sp³-hybridized carbons (Fsp3) is 0.562. The van der Waals surface area contributed by atoms with Gasteiger partial charge in [0.15, 0.2) is 0 Å². The van der Waals surface area contributed by atoms with Gasteiger partial charge in [0.25, 0.3) is 5.91 Å². The van der Waals surface area contributed by atoms with E-state index in [-0.39, 0.29) is 11.9 Å². The number of hydrogen-bond acceptors (Lipinski definition) is 1. The predicted octanol–water partition coefficient (Wildman–Crippen LogP) is 4.17. The van der Waals surface area contributed by atoms with Crippen LogP contribution in [0.1, 0.15) is 48.2 Å². The summed E-state index contributed by atoms with van der Waals surface area (Å²) in [5, 5.41) is 0. The van der Waals surface area contributed by atoms with Crippen molar-refractivity contribution in [2.75, 3.05) is 12.4 Å². The minimum absolute atomic E-state index is 0.116. The molecule has 0 saturated heterocycles. The third-order valence-corrected chi connectivity index (χ3v) is 3.83. The molecular weight excluding hydrogens is 258 g/mol. The molecule has 0 N–H and O–H groups in total. The maximum atomic E-state index is 12.8. The molecule has 0 spiro atoms. The van der Waals surface area contributed by atoms with E-state index in [1.807, 2.05) is 36.9 Å². The summed E-state index contributed by atoms with van der Waals surface area (Å²) in [4.78, 5) is 14.7. The highest BCUT2D eigenvalue weighted by Gasteiger charge is 2.24. The summed E-state index contributed by atoms with van der Waals surface area (Å²) in [6.07, 6.45) is 1.92. The highest BCUT2D eigenvalue weighted by Crippen LogP contribution is 2.19. The zero-order chi connectivity index (χ0) is 14.4. The van der Waals surface area contributed by atoms with Gasteiger partial charge in [-0.2, -0.15) is 0 Å². The van der Waals surface area contributed by atoms with Crippen LogP contribution in [0.5, 0.6) is 0 Å². The number of alkyl halides is 1. The number of hydrogen-bond donors (Lipinski definition) is 0. The molecule has 0 aliphatic carbocycles. The average Bonchev–Trinajstić information content (AvgIpc) is 2.38. The van der Waals surface area contributed by atoms with Gasteiger partial charge in [-0.05, 0) is 37.8 Å². The third-order valence-electron chi connectivity index (χ3n) is 3.66. The second-order valence-electron chi connectivity index (χ2n) is 4.92. The molecule has 0 atom stereocenters. The number of halogens is 1. The molecule has 2 nitrogen and oxygen atoms in total. The first-order chi connectivity index (χ1) is 9.06. The Labute approximate surface area is 121 Å². The second-order valence-corrected chi connectivity index (χ2v) is 5.30. The van der Waals surface area contributed by atoms with Crippen molar-refractivity contribution in [3.05, 3.63) is 34.9 Å². The molecule has 1 amide bonds. The Bertz CT molecular complexity index is 407. The van der Waals surface area contributed by atoms with E-state index in [0.29, 0.717) is 12.4 Å². The van der Waals surface area contributed by atoms with Gasteiger partial charge in [0, 0.05) is 24.0 Å². The number of aryl methyl sites for hydroxylation is 2. The van der Waals surface area contributed by atoms with E-state index in [1.165, 1.54) is 0 Å². The van der Waals surface area contributed by atoms with Crippen LogP contribution in [0.4, 0.5) is 0 Å². The van der Waals surface area contributed by atoms with E-state index in [1.54, 1.807) is 0 Å². The van der Waals surface area contributed by atoms with Crippen LogP contribution in [-0.4, -0.2) is 29.3 Å². The number of amides is 1. The Kier molecular flexibility index (Phi) is 6.36. The molecule has 0 bridgehead atoms. The van der Waals surface area contributed by atoms with Crippen LogP contribution in [-0.2, 0) is 0 Å². The van der Waals surface area contributed by atoms with Gasteiger partial charge in [-0.3, -0.25) is 4.79 Å². The monoisotopic (exact) mass is 281 g/mol. The quantitative estimate of drug-likeness (QED) is 0.717. The minimum atomic E-state index is 0.116. The first-order valence-corrected chi connectivity index (χ1v) is 7.53. The van der Waals surface area contributed by atoms with Gasteiger partial charge in [-0.1, -0.05) is 32.0 Å². The lowest BCUT2D eigenvalue weighted by Crippen LogP contribution is -2.41. The van der Waals surface area contributed by atoms with Gasteiger partial charge in [0.05, 0.1) is 0 Å². The Morgan fingerprint density at radius 2 is 1.74 bits per heavy atom. The lowest BCUT2D eigenvalue weighted by Gasteiger charge is -2.31. The molecule has 0 aliphatic rings. The second kappa shape index (κ2) is 7.54. The van der Waals surface area contributed by atoms with Crippen LogP contribution in [0.3, 0.4) is 0 Å². The average molecular weight is 282 g/mol. The summed E-state index contributed by atoms with van der Waals surface area (Å²) in [6.45, 7) is 8.83. The molecule has 0 heterocycles. The maximum Gasteiger partial charge on any atom is 0.254 e. The normalized spacial score (nSPS) is 10.8. The molecule has 19 heavy (non-hydrogen) atoms. The van der Waals surface area contributed by atoms with Gasteiger partial charge in [-0.25, -0.2) is 0 Å². The van der Waals surface area contributed by atoms with Crippen molar-refractivity contribution in [2.45, 2.75) is 46.6 Å². The van der Waals surface area contributed by atoms with Gasteiger partial charge in [0.2, 0.25) is 0 Å². The summed E-state index contributed by atoms with van der Waals surface area (Å²) < 4.78 is 0. The van der Waals surface area contributed by atoms with Crippen molar-refractivity contribution < 1.29 is 4.79 Å². The Hall–Kier alpha value is -1.02. The van der Waals surface area contributed by atoms with Crippen molar-refractivity contribution in [3.8, 4) is 0 Å². The molecule has 0 saturated carbocycles. The van der Waals surface area contributed by atoms with Crippen molar-refractivity contribution in [1.82, 2.24) is 4.90 Å². The first kappa shape index (κ1) is 16.0. The largest absolute Gasteiger partial charge is 0.334 e. The first-order valence-electron chi connectivity index (χ1n) is 6.99. The summed E-state index contributed by atoms with van der Waals surface area (Å²) in [7, 11) is 0. The molecule has 106 valence electrons. The topological polar surface area (TPSA) is 20.3 Å². The lowest BCUT2D eigenvalue weighted by molar-refractivity contribution is 0.0680. The molecule has 1 aromatic carbocycles. The van der Waals surface area contributed by atoms with E-state index in [2.05, 4.69) is 13.8 Å². The Morgan fingerprint density at radius 3 is 2.16 bits per heavy atom. The van der Waals surface area contributed by atoms with Crippen LogP contribution in [0, 0.1) is 13.8 Å². The van der Waals surface area contributed by atoms with Crippen molar-refractivity contribution in [3.63, 3.8) is 0 Å². The van der Waals surface area contributed by atoms with Crippen LogP contribution >= 0.6 is 11.6 Å². The molecule has 1 aromatic rings. The van der Waals surface area contributed by atoms with E-state index in [9.17, 15) is 4.79 Å². The highest BCUT2D eigenvalue weighted by molar-refractivity contribution is 6.18. The zero-order valence-electron chi connectivity index (χ0n) is 12.4. The maximum absolute atomic E-state index is 12.8. The number of rotatable bonds is 6. The molecule has 0 radical (unpaired) electrons. The summed E-state index contributed by atoms with van der Waals surface area (Å²) in [6, 6.07) is 6.24.